The molecule has 98 valence electrons. The number of nitriles is 1. The Morgan fingerprint density at radius 3 is 2.45 bits per heavy atom. The van der Waals surface area contributed by atoms with Crippen molar-refractivity contribution < 1.29 is 4.79 Å². The second-order valence-corrected chi connectivity index (χ2v) is 5.56. The number of hydrogen-bond acceptors (Lipinski definition) is 3. The molecule has 1 heterocycles. The molecule has 1 atom stereocenters. The monoisotopic (exact) mass is 280 g/mol. The summed E-state index contributed by atoms with van der Waals surface area (Å²) in [5, 5.41) is 8.83. The molecule has 0 aliphatic carbocycles. The van der Waals surface area contributed by atoms with Gasteiger partial charge in [0.1, 0.15) is 5.37 Å². The first-order valence-corrected chi connectivity index (χ1v) is 7.33. The minimum Gasteiger partial charge on any atom is -0.295 e. The number of nitrogens with zero attached hydrogens (tertiary/aromatic N) is 2. The van der Waals surface area contributed by atoms with Crippen LogP contribution in [0, 0.1) is 11.3 Å². The van der Waals surface area contributed by atoms with Crippen molar-refractivity contribution in [2.24, 2.45) is 0 Å². The molecule has 0 bridgehead atoms. The van der Waals surface area contributed by atoms with Crippen LogP contribution in [-0.4, -0.2) is 11.7 Å². The van der Waals surface area contributed by atoms with Crippen LogP contribution in [-0.2, 0) is 4.79 Å². The van der Waals surface area contributed by atoms with Crippen LogP contribution in [0.4, 0.5) is 5.69 Å². The van der Waals surface area contributed by atoms with Crippen molar-refractivity contribution in [2.75, 3.05) is 10.7 Å². The summed E-state index contributed by atoms with van der Waals surface area (Å²) in [5.74, 6) is 0.607. The predicted octanol–water partition coefficient (Wildman–Crippen LogP) is 3.34. The third-order valence-corrected chi connectivity index (χ3v) is 4.44. The van der Waals surface area contributed by atoms with Gasteiger partial charge >= 0.3 is 0 Å². The second kappa shape index (κ2) is 5.40. The summed E-state index contributed by atoms with van der Waals surface area (Å²) < 4.78 is 0. The van der Waals surface area contributed by atoms with Crippen LogP contribution in [0.15, 0.2) is 54.6 Å². The van der Waals surface area contributed by atoms with Gasteiger partial charge in [-0.3, -0.25) is 9.69 Å². The lowest BCUT2D eigenvalue weighted by Gasteiger charge is -2.24. The first kappa shape index (κ1) is 12.8. The molecule has 0 N–H and O–H groups in total. The maximum atomic E-state index is 12.1. The van der Waals surface area contributed by atoms with Gasteiger partial charge in [0.2, 0.25) is 5.91 Å². The Morgan fingerprint density at radius 2 is 1.80 bits per heavy atom. The number of carbonyl (C=O) groups is 1. The Morgan fingerprint density at radius 1 is 1.10 bits per heavy atom. The summed E-state index contributed by atoms with van der Waals surface area (Å²) in [6.07, 6.45) is 0. The van der Waals surface area contributed by atoms with Crippen LogP contribution >= 0.6 is 11.8 Å². The minimum atomic E-state index is -0.0161. The molecule has 2 aromatic rings. The van der Waals surface area contributed by atoms with Crippen molar-refractivity contribution in [1.82, 2.24) is 0 Å². The second-order valence-electron chi connectivity index (χ2n) is 4.50. The summed E-state index contributed by atoms with van der Waals surface area (Å²) in [5.41, 5.74) is 2.59. The van der Waals surface area contributed by atoms with Gasteiger partial charge in [-0.2, -0.15) is 5.26 Å². The molecule has 1 aliphatic heterocycles. The summed E-state index contributed by atoms with van der Waals surface area (Å²) in [6, 6.07) is 19.2. The number of anilines is 1. The molecular formula is C16H12N2OS. The largest absolute Gasteiger partial charge is 0.295 e. The summed E-state index contributed by atoms with van der Waals surface area (Å²) in [4.78, 5) is 14.0. The average Bonchev–Trinajstić information content (AvgIpc) is 2.90. The maximum Gasteiger partial charge on any atom is 0.238 e. The summed E-state index contributed by atoms with van der Waals surface area (Å²) >= 11 is 1.61. The van der Waals surface area contributed by atoms with E-state index in [4.69, 9.17) is 5.26 Å². The van der Waals surface area contributed by atoms with E-state index < -0.39 is 0 Å². The molecule has 0 radical (unpaired) electrons. The number of amides is 1. The molecule has 0 spiro atoms. The van der Waals surface area contributed by atoms with Gasteiger partial charge < -0.3 is 0 Å². The lowest BCUT2D eigenvalue weighted by Crippen LogP contribution is -2.27. The highest BCUT2D eigenvalue weighted by molar-refractivity contribution is 8.00. The van der Waals surface area contributed by atoms with E-state index in [1.807, 2.05) is 47.4 Å². The van der Waals surface area contributed by atoms with Gasteiger partial charge in [0.25, 0.3) is 0 Å². The highest BCUT2D eigenvalue weighted by Gasteiger charge is 2.33. The third-order valence-electron chi connectivity index (χ3n) is 3.23. The van der Waals surface area contributed by atoms with E-state index in [1.54, 1.807) is 23.9 Å². The first-order chi connectivity index (χ1) is 9.79. The van der Waals surface area contributed by atoms with E-state index in [9.17, 15) is 4.79 Å². The van der Waals surface area contributed by atoms with Crippen molar-refractivity contribution in [1.29, 1.82) is 5.26 Å². The molecule has 0 aromatic heterocycles. The number of hydrogen-bond donors (Lipinski definition) is 0. The smallest absolute Gasteiger partial charge is 0.238 e. The van der Waals surface area contributed by atoms with E-state index in [1.165, 1.54) is 0 Å². The standard InChI is InChI=1S/C16H12N2OS/c17-10-12-6-8-13(9-7-12)16-18(15(19)11-20-16)14-4-2-1-3-5-14/h1-9,16H,11H2. The fourth-order valence-electron chi connectivity index (χ4n) is 2.26. The molecular weight excluding hydrogens is 268 g/mol. The van der Waals surface area contributed by atoms with E-state index in [0.29, 0.717) is 11.3 Å². The zero-order valence-electron chi connectivity index (χ0n) is 10.7. The lowest BCUT2D eigenvalue weighted by molar-refractivity contribution is -0.115. The molecule has 1 aliphatic rings. The van der Waals surface area contributed by atoms with Gasteiger partial charge in [-0.15, -0.1) is 11.8 Å². The van der Waals surface area contributed by atoms with Crippen LogP contribution in [0.5, 0.6) is 0 Å². The zero-order valence-corrected chi connectivity index (χ0v) is 11.5. The maximum absolute atomic E-state index is 12.1. The highest BCUT2D eigenvalue weighted by atomic mass is 32.2. The zero-order chi connectivity index (χ0) is 13.9. The molecule has 20 heavy (non-hydrogen) atoms. The van der Waals surface area contributed by atoms with E-state index >= 15 is 0 Å². The fraction of sp³-hybridized carbons (Fsp3) is 0.125. The molecule has 2 aromatic carbocycles. The van der Waals surface area contributed by atoms with Gasteiger partial charge in [-0.25, -0.2) is 0 Å². The van der Waals surface area contributed by atoms with Crippen LogP contribution in [0.1, 0.15) is 16.5 Å². The van der Waals surface area contributed by atoms with E-state index in [-0.39, 0.29) is 11.3 Å². The first-order valence-electron chi connectivity index (χ1n) is 6.28. The molecule has 0 saturated carbocycles. The number of thioether (sulfide) groups is 1. The molecule has 4 heteroatoms. The normalized spacial score (nSPS) is 18.1. The van der Waals surface area contributed by atoms with Crippen LogP contribution in [0.25, 0.3) is 0 Å². The van der Waals surface area contributed by atoms with Gasteiger partial charge in [-0.1, -0.05) is 30.3 Å². The molecule has 3 nitrogen and oxygen atoms in total. The Bertz CT molecular complexity index is 661. The number of para-hydroxylation sites is 1. The number of carbonyl (C=O) groups excluding carboxylic acids is 1. The van der Waals surface area contributed by atoms with Crippen LogP contribution in [0.3, 0.4) is 0 Å². The Balaban J connectivity index is 1.95. The third kappa shape index (κ3) is 2.28. The Kier molecular flexibility index (Phi) is 3.44. The molecule has 1 unspecified atom stereocenters. The van der Waals surface area contributed by atoms with Gasteiger partial charge in [0, 0.05) is 5.69 Å². The summed E-state index contributed by atoms with van der Waals surface area (Å²) in [7, 11) is 0. The van der Waals surface area contributed by atoms with Crippen molar-refractivity contribution in [3.63, 3.8) is 0 Å². The molecule has 3 rings (SSSR count). The van der Waals surface area contributed by atoms with Crippen molar-refractivity contribution in [3.8, 4) is 6.07 Å². The number of rotatable bonds is 2. The molecule has 1 fully saturated rings. The van der Waals surface area contributed by atoms with Gasteiger partial charge in [0.05, 0.1) is 17.4 Å². The van der Waals surface area contributed by atoms with Crippen LogP contribution in [0.2, 0.25) is 0 Å². The van der Waals surface area contributed by atoms with Crippen LogP contribution < -0.4 is 4.90 Å². The van der Waals surface area contributed by atoms with Crippen molar-refractivity contribution in [3.05, 3.63) is 65.7 Å². The SMILES string of the molecule is N#Cc1ccc(C2SCC(=O)N2c2ccccc2)cc1. The molecule has 1 saturated heterocycles. The minimum absolute atomic E-state index is 0.0161. The fourth-order valence-corrected chi connectivity index (χ4v) is 3.44. The summed E-state index contributed by atoms with van der Waals surface area (Å²) in [6.45, 7) is 0. The average molecular weight is 280 g/mol. The van der Waals surface area contributed by atoms with Gasteiger partial charge in [-0.05, 0) is 29.8 Å². The predicted molar refractivity (Wildman–Crippen MR) is 80.3 cm³/mol. The lowest BCUT2D eigenvalue weighted by atomic mass is 10.1. The van der Waals surface area contributed by atoms with E-state index in [0.717, 1.165) is 11.3 Å². The molecule has 1 amide bonds. The quantitative estimate of drug-likeness (QED) is 0.847. The van der Waals surface area contributed by atoms with E-state index in [2.05, 4.69) is 6.07 Å². The van der Waals surface area contributed by atoms with Gasteiger partial charge in [0.15, 0.2) is 0 Å². The highest BCUT2D eigenvalue weighted by Crippen LogP contribution is 2.41. The Hall–Kier alpha value is -2.25. The van der Waals surface area contributed by atoms with Crippen molar-refractivity contribution >= 4 is 23.4 Å². The number of benzene rings is 2. The van der Waals surface area contributed by atoms with Crippen molar-refractivity contribution in [2.45, 2.75) is 5.37 Å². The Labute approximate surface area is 121 Å². The topological polar surface area (TPSA) is 44.1 Å².